The predicted molar refractivity (Wildman–Crippen MR) is 236 cm³/mol. The molecule has 0 bridgehead atoms. The van der Waals surface area contributed by atoms with Gasteiger partial charge >= 0.3 is 12.1 Å². The zero-order valence-electron chi connectivity index (χ0n) is 37.1. The van der Waals surface area contributed by atoms with Gasteiger partial charge in [0.25, 0.3) is 5.56 Å². The van der Waals surface area contributed by atoms with Crippen molar-refractivity contribution in [2.45, 2.75) is 70.1 Å². The summed E-state index contributed by atoms with van der Waals surface area (Å²) in [6.07, 6.45) is 1.26. The SMILES string of the molecule is CSC1CC(=O)N(CCCCCC(=O)NCC(=O)NCC(=O)NCC(=O)NCC(=O)NCOCCOC(=O)NCc2c3c(nc4cc(F)c(C)cc24)-c2cc4c(c(=O)n2C3)COC(=O)C4O)C1=O. The molecule has 364 valence electrons. The Bertz CT molecular complexity index is 2590. The normalized spacial score (nSPS) is 15.8. The highest BCUT2D eigenvalue weighted by Crippen LogP contribution is 2.38. The zero-order chi connectivity index (χ0) is 49.1. The van der Waals surface area contributed by atoms with Crippen molar-refractivity contribution in [1.29, 1.82) is 0 Å². The van der Waals surface area contributed by atoms with E-state index >= 15 is 0 Å². The maximum atomic E-state index is 14.7. The number of benzene rings is 1. The van der Waals surface area contributed by atoms with Crippen molar-refractivity contribution in [2.75, 3.05) is 58.9 Å². The van der Waals surface area contributed by atoms with Gasteiger partial charge in [-0.15, -0.1) is 0 Å². The number of thioether (sulfide) groups is 1. The number of aryl methyl sites for hydroxylation is 1. The predicted octanol–water partition coefficient (Wildman–Crippen LogP) is -1.20. The molecule has 5 heterocycles. The Morgan fingerprint density at radius 2 is 1.51 bits per heavy atom. The maximum absolute atomic E-state index is 14.7. The van der Waals surface area contributed by atoms with E-state index < -0.39 is 72.8 Å². The number of cyclic esters (lactones) is 1. The summed E-state index contributed by atoms with van der Waals surface area (Å²) in [6.45, 7) is -0.958. The number of carbonyl (C=O) groups is 9. The molecule has 23 nitrogen and oxygen atoms in total. The molecule has 3 aromatic rings. The second kappa shape index (κ2) is 23.1. The lowest BCUT2D eigenvalue weighted by molar-refractivity contribution is -0.157. The van der Waals surface area contributed by atoms with Crippen LogP contribution in [0.1, 0.15) is 66.0 Å². The molecule has 1 aromatic carbocycles. The van der Waals surface area contributed by atoms with E-state index in [0.717, 1.165) is 0 Å². The van der Waals surface area contributed by atoms with Gasteiger partial charge < -0.3 is 55.8 Å². The minimum absolute atomic E-state index is 0.0408. The van der Waals surface area contributed by atoms with Gasteiger partial charge in [0, 0.05) is 48.5 Å². The molecule has 0 saturated carbocycles. The minimum Gasteiger partial charge on any atom is -0.458 e. The van der Waals surface area contributed by atoms with Crippen LogP contribution in [0.4, 0.5) is 9.18 Å². The highest BCUT2D eigenvalue weighted by atomic mass is 32.2. The van der Waals surface area contributed by atoms with Crippen LogP contribution >= 0.6 is 11.8 Å². The van der Waals surface area contributed by atoms with E-state index in [9.17, 15) is 57.4 Å². The average Bonchev–Trinajstić information content (AvgIpc) is 3.82. The Hall–Kier alpha value is -6.99. The number of halogens is 1. The van der Waals surface area contributed by atoms with Crippen LogP contribution in [0.2, 0.25) is 0 Å². The lowest BCUT2D eigenvalue weighted by Crippen LogP contribution is -2.45. The van der Waals surface area contributed by atoms with Crippen LogP contribution < -0.4 is 37.5 Å². The molecule has 3 aliphatic heterocycles. The van der Waals surface area contributed by atoms with Crippen LogP contribution in [0.3, 0.4) is 0 Å². The molecule has 0 aliphatic carbocycles. The van der Waals surface area contributed by atoms with Gasteiger partial charge in [0.1, 0.15) is 25.8 Å². The van der Waals surface area contributed by atoms with Gasteiger partial charge in [-0.25, -0.2) is 19.0 Å². The summed E-state index contributed by atoms with van der Waals surface area (Å²) in [4.78, 5) is 129. The highest BCUT2D eigenvalue weighted by molar-refractivity contribution is 8.00. The molecular formula is C43H50FN9O14S. The molecular weight excluding hydrogens is 918 g/mol. The molecule has 1 saturated heterocycles. The van der Waals surface area contributed by atoms with Gasteiger partial charge in [-0.3, -0.25) is 43.3 Å². The van der Waals surface area contributed by atoms with Gasteiger partial charge in [-0.05, 0) is 49.3 Å². The topological polar surface area (TPSA) is 312 Å². The second-order valence-electron chi connectivity index (χ2n) is 15.8. The summed E-state index contributed by atoms with van der Waals surface area (Å²) in [5.41, 5.74) is 2.03. The van der Waals surface area contributed by atoms with Gasteiger partial charge in [-0.2, -0.15) is 11.8 Å². The first kappa shape index (κ1) is 50.4. The Morgan fingerprint density at radius 1 is 0.853 bits per heavy atom. The summed E-state index contributed by atoms with van der Waals surface area (Å²) in [5.74, 6) is -4.85. The number of likely N-dealkylation sites (tertiary alicyclic amines) is 1. The van der Waals surface area contributed by atoms with E-state index in [-0.39, 0.29) is 98.6 Å². The summed E-state index contributed by atoms with van der Waals surface area (Å²) in [7, 11) is 0. The summed E-state index contributed by atoms with van der Waals surface area (Å²) >= 11 is 1.34. The number of hydrogen-bond donors (Lipinski definition) is 7. The van der Waals surface area contributed by atoms with Crippen molar-refractivity contribution in [3.8, 4) is 11.4 Å². The number of carbonyl (C=O) groups excluding carboxylic acids is 9. The number of ether oxygens (including phenoxy) is 3. The van der Waals surface area contributed by atoms with Gasteiger partial charge in [-0.1, -0.05) is 6.42 Å². The molecule has 7 N–H and O–H groups in total. The molecule has 1 fully saturated rings. The molecule has 2 unspecified atom stereocenters. The molecule has 25 heteroatoms. The molecule has 0 spiro atoms. The number of fused-ring (bicyclic) bond motifs is 5. The lowest BCUT2D eigenvalue weighted by atomic mass is 9.97. The number of hydrogen-bond acceptors (Lipinski definition) is 16. The Morgan fingerprint density at radius 3 is 2.18 bits per heavy atom. The number of nitrogens with zero attached hydrogens (tertiary/aromatic N) is 3. The van der Waals surface area contributed by atoms with E-state index in [2.05, 4.69) is 36.9 Å². The quantitative estimate of drug-likeness (QED) is 0.0211. The standard InChI is InChI=1S/C43H50FN9O14S/c1-22-10-23-25(26-19-53-30(38(26)51-29(23)12-28(22)44)11-24-27(40(53)61)20-67-42(63)39(24)60)14-49-43(64)66-9-8-65-21-50-36(58)18-48-35(57)17-47-34(56)16-46-33(55)15-45-32(54)6-4-3-5-7-52-37(59)13-31(68-2)41(52)62/h10-12,31,39,60H,3-9,13-21H2,1-2H3,(H,45,54)(H,46,55)(H,47,56)(H,48,57)(H,49,64)(H,50,58). The van der Waals surface area contributed by atoms with E-state index in [0.29, 0.717) is 59.3 Å². The first-order chi connectivity index (χ1) is 32.6. The van der Waals surface area contributed by atoms with E-state index in [4.69, 9.17) is 14.2 Å². The molecule has 68 heavy (non-hydrogen) atoms. The molecule has 2 aromatic heterocycles. The fourth-order valence-electron chi connectivity index (χ4n) is 7.51. The zero-order valence-corrected chi connectivity index (χ0v) is 37.9. The summed E-state index contributed by atoms with van der Waals surface area (Å²) < 4.78 is 31.5. The van der Waals surface area contributed by atoms with Gasteiger partial charge in [0.05, 0.1) is 67.0 Å². The van der Waals surface area contributed by atoms with Crippen LogP contribution in [-0.4, -0.2) is 137 Å². The Kier molecular flexibility index (Phi) is 17.2. The number of rotatable bonds is 22. The molecule has 8 amide bonds. The third-order valence-electron chi connectivity index (χ3n) is 11.2. The van der Waals surface area contributed by atoms with Crippen LogP contribution in [0, 0.1) is 12.7 Å². The number of aliphatic hydroxyl groups excluding tert-OH is 1. The number of pyridine rings is 2. The van der Waals surface area contributed by atoms with Crippen LogP contribution in [0.25, 0.3) is 22.3 Å². The van der Waals surface area contributed by atoms with Gasteiger partial charge in [0.2, 0.25) is 41.4 Å². The largest absolute Gasteiger partial charge is 0.458 e. The third kappa shape index (κ3) is 12.5. The first-order valence-electron chi connectivity index (χ1n) is 21.5. The van der Waals surface area contributed by atoms with Crippen molar-refractivity contribution in [1.82, 2.24) is 46.4 Å². The van der Waals surface area contributed by atoms with E-state index in [1.165, 1.54) is 33.4 Å². The number of esters is 1. The van der Waals surface area contributed by atoms with E-state index in [1.54, 1.807) is 19.2 Å². The first-order valence-corrected chi connectivity index (χ1v) is 22.8. The van der Waals surface area contributed by atoms with E-state index in [1.807, 2.05) is 0 Å². The number of unbranched alkanes of at least 4 members (excludes halogenated alkanes) is 2. The number of amides is 8. The molecule has 3 aliphatic rings. The Labute approximate surface area is 390 Å². The third-order valence-corrected chi connectivity index (χ3v) is 12.1. The number of alkyl carbamates (subject to hydrolysis) is 1. The number of imide groups is 1. The lowest BCUT2D eigenvalue weighted by Gasteiger charge is -2.21. The average molecular weight is 968 g/mol. The number of nitrogens with one attached hydrogen (secondary N) is 6. The van der Waals surface area contributed by atoms with Crippen LogP contribution in [0.5, 0.6) is 0 Å². The molecule has 0 radical (unpaired) electrons. The highest BCUT2D eigenvalue weighted by Gasteiger charge is 2.38. The Balaban J connectivity index is 0.816. The fraction of sp³-hybridized carbons (Fsp3) is 0.465. The maximum Gasteiger partial charge on any atom is 0.407 e. The fourth-order valence-corrected chi connectivity index (χ4v) is 8.15. The summed E-state index contributed by atoms with van der Waals surface area (Å²) in [5, 5.41) is 25.0. The van der Waals surface area contributed by atoms with Crippen molar-refractivity contribution in [3.05, 3.63) is 62.2 Å². The second-order valence-corrected chi connectivity index (χ2v) is 16.8. The summed E-state index contributed by atoms with van der Waals surface area (Å²) in [6, 6.07) is 4.31. The van der Waals surface area contributed by atoms with Crippen LogP contribution in [-0.2, 0) is 72.3 Å². The van der Waals surface area contributed by atoms with Crippen LogP contribution in [0.15, 0.2) is 23.0 Å². The minimum atomic E-state index is -1.66. The number of aromatic nitrogens is 2. The monoisotopic (exact) mass is 967 g/mol. The van der Waals surface area contributed by atoms with Crippen molar-refractivity contribution < 1.29 is 66.9 Å². The molecule has 6 rings (SSSR count). The molecule has 2 atom stereocenters. The smallest absolute Gasteiger partial charge is 0.407 e. The van der Waals surface area contributed by atoms with Gasteiger partial charge in [0.15, 0.2) is 6.10 Å². The van der Waals surface area contributed by atoms with Crippen molar-refractivity contribution >= 4 is 76.1 Å². The number of aliphatic hydroxyl groups is 1. The van der Waals surface area contributed by atoms with Crippen molar-refractivity contribution in [3.63, 3.8) is 0 Å². The van der Waals surface area contributed by atoms with Crippen molar-refractivity contribution in [2.24, 2.45) is 0 Å².